The van der Waals surface area contributed by atoms with Crippen LogP contribution in [0.5, 0.6) is 5.75 Å². The van der Waals surface area contributed by atoms with E-state index in [9.17, 15) is 9.18 Å². The van der Waals surface area contributed by atoms with Crippen LogP contribution in [0.2, 0.25) is 0 Å². The number of esters is 1. The summed E-state index contributed by atoms with van der Waals surface area (Å²) in [5.74, 6) is -0.0185. The van der Waals surface area contributed by atoms with E-state index >= 15 is 0 Å². The highest BCUT2D eigenvalue weighted by Crippen LogP contribution is 2.28. The second kappa shape index (κ2) is 5.62. The van der Waals surface area contributed by atoms with Crippen LogP contribution in [0, 0.1) is 11.7 Å². The number of benzene rings is 1. The molecule has 0 atom stereocenters. The summed E-state index contributed by atoms with van der Waals surface area (Å²) in [4.78, 5) is 16.0. The average Bonchev–Trinajstić information content (AvgIpc) is 3.11. The molecular weight excluding hydrogens is 237 g/mol. The van der Waals surface area contributed by atoms with E-state index in [1.54, 1.807) is 0 Å². The molecule has 0 aliphatic heterocycles. The Morgan fingerprint density at radius 1 is 1.56 bits per heavy atom. The van der Waals surface area contributed by atoms with Crippen LogP contribution in [-0.4, -0.2) is 18.8 Å². The quantitative estimate of drug-likeness (QED) is 0.349. The van der Waals surface area contributed by atoms with E-state index in [1.807, 2.05) is 0 Å². The van der Waals surface area contributed by atoms with Crippen molar-refractivity contribution in [1.29, 1.82) is 0 Å². The van der Waals surface area contributed by atoms with E-state index < -0.39 is 11.8 Å². The number of halogens is 1. The molecule has 18 heavy (non-hydrogen) atoms. The van der Waals surface area contributed by atoms with Gasteiger partial charge in [-0.2, -0.15) is 0 Å². The highest BCUT2D eigenvalue weighted by molar-refractivity contribution is 5.84. The van der Waals surface area contributed by atoms with Crippen molar-refractivity contribution in [2.75, 3.05) is 6.61 Å². The van der Waals surface area contributed by atoms with Crippen molar-refractivity contribution in [3.05, 3.63) is 29.6 Å². The molecule has 1 aromatic rings. The maximum Gasteiger partial charge on any atom is 0.308 e. The lowest BCUT2D eigenvalue weighted by Gasteiger charge is -2.05. The molecule has 1 aliphatic carbocycles. The van der Waals surface area contributed by atoms with E-state index in [1.165, 1.54) is 44.2 Å². The topological polar surface area (TPSA) is 47.9 Å². The van der Waals surface area contributed by atoms with Gasteiger partial charge in [0.15, 0.2) is 0 Å². The molecule has 0 radical (unpaired) electrons. The molecule has 0 heterocycles. The average molecular weight is 251 g/mol. The molecule has 96 valence electrons. The Balaban J connectivity index is 2.02. The largest absolute Gasteiger partial charge is 0.426 e. The van der Waals surface area contributed by atoms with Gasteiger partial charge in [0.25, 0.3) is 0 Å². The van der Waals surface area contributed by atoms with Gasteiger partial charge in [-0.3, -0.25) is 4.79 Å². The van der Waals surface area contributed by atoms with Crippen LogP contribution >= 0.6 is 0 Å². The molecule has 0 bridgehead atoms. The van der Waals surface area contributed by atoms with Crippen molar-refractivity contribution in [1.82, 2.24) is 0 Å². The van der Waals surface area contributed by atoms with Gasteiger partial charge in [0, 0.05) is 12.5 Å². The van der Waals surface area contributed by atoms with Crippen LogP contribution in [0.25, 0.3) is 0 Å². The zero-order chi connectivity index (χ0) is 13.0. The predicted octanol–water partition coefficient (Wildman–Crippen LogP) is 2.51. The monoisotopic (exact) mass is 251 g/mol. The number of rotatable bonds is 5. The number of carbonyl (C=O) groups excluding carboxylic acids is 1. The molecular formula is C13H14FNO3. The summed E-state index contributed by atoms with van der Waals surface area (Å²) in [6, 6.07) is 3.85. The number of oxime groups is 1. The SMILES string of the molecule is CC(=O)Oc1ccc(F)cc1C=NOCC1CC1. The third-order valence-electron chi connectivity index (χ3n) is 2.50. The molecule has 0 N–H and O–H groups in total. The van der Waals surface area contributed by atoms with Crippen LogP contribution in [0.3, 0.4) is 0 Å². The smallest absolute Gasteiger partial charge is 0.308 e. The lowest BCUT2D eigenvalue weighted by molar-refractivity contribution is -0.131. The van der Waals surface area contributed by atoms with Gasteiger partial charge in [-0.25, -0.2) is 4.39 Å². The molecule has 0 spiro atoms. The number of nitrogens with zero attached hydrogens (tertiary/aromatic N) is 1. The van der Waals surface area contributed by atoms with Gasteiger partial charge >= 0.3 is 5.97 Å². The van der Waals surface area contributed by atoms with Crippen LogP contribution < -0.4 is 4.74 Å². The Morgan fingerprint density at radius 3 is 3.00 bits per heavy atom. The summed E-state index contributed by atoms with van der Waals surface area (Å²) in [5, 5.41) is 3.75. The van der Waals surface area contributed by atoms with E-state index in [2.05, 4.69) is 5.16 Å². The highest BCUT2D eigenvalue weighted by Gasteiger charge is 2.21. The molecule has 1 saturated carbocycles. The molecule has 0 aromatic heterocycles. The third kappa shape index (κ3) is 3.84. The van der Waals surface area contributed by atoms with E-state index in [4.69, 9.17) is 9.57 Å². The molecule has 1 fully saturated rings. The minimum atomic E-state index is -0.463. The van der Waals surface area contributed by atoms with Crippen molar-refractivity contribution in [3.8, 4) is 5.75 Å². The molecule has 2 rings (SSSR count). The van der Waals surface area contributed by atoms with Crippen molar-refractivity contribution in [2.45, 2.75) is 19.8 Å². The first-order valence-electron chi connectivity index (χ1n) is 5.78. The van der Waals surface area contributed by atoms with E-state index in [0.29, 0.717) is 18.1 Å². The fourth-order valence-corrected chi connectivity index (χ4v) is 1.40. The summed E-state index contributed by atoms with van der Waals surface area (Å²) < 4.78 is 18.0. The summed E-state index contributed by atoms with van der Waals surface area (Å²) in [6.45, 7) is 1.86. The van der Waals surface area contributed by atoms with E-state index in [-0.39, 0.29) is 5.75 Å². The first kappa shape index (κ1) is 12.5. The number of hydrogen-bond acceptors (Lipinski definition) is 4. The summed E-state index contributed by atoms with van der Waals surface area (Å²) in [6.07, 6.45) is 3.70. The van der Waals surface area contributed by atoms with Gasteiger partial charge in [0.2, 0.25) is 0 Å². The van der Waals surface area contributed by atoms with Gasteiger partial charge in [-0.1, -0.05) is 5.16 Å². The molecule has 5 heteroatoms. The summed E-state index contributed by atoms with van der Waals surface area (Å²) in [7, 11) is 0. The Hall–Kier alpha value is -1.91. The highest BCUT2D eigenvalue weighted by atomic mass is 19.1. The second-order valence-corrected chi connectivity index (χ2v) is 4.25. The third-order valence-corrected chi connectivity index (χ3v) is 2.50. The van der Waals surface area contributed by atoms with Gasteiger partial charge < -0.3 is 9.57 Å². The Morgan fingerprint density at radius 2 is 2.33 bits per heavy atom. The van der Waals surface area contributed by atoms with Crippen molar-refractivity contribution in [3.63, 3.8) is 0 Å². The normalized spacial score (nSPS) is 14.8. The first-order valence-corrected chi connectivity index (χ1v) is 5.78. The van der Waals surface area contributed by atoms with Crippen LogP contribution in [0.1, 0.15) is 25.3 Å². The van der Waals surface area contributed by atoms with Crippen molar-refractivity contribution < 1.29 is 18.8 Å². The molecule has 1 aliphatic rings. The zero-order valence-corrected chi connectivity index (χ0v) is 10.1. The predicted molar refractivity (Wildman–Crippen MR) is 64.0 cm³/mol. The van der Waals surface area contributed by atoms with Gasteiger partial charge in [0.1, 0.15) is 18.2 Å². The molecule has 0 saturated heterocycles. The molecule has 0 unspecified atom stereocenters. The van der Waals surface area contributed by atoms with Crippen molar-refractivity contribution in [2.24, 2.45) is 11.1 Å². The number of carbonyl (C=O) groups is 1. The second-order valence-electron chi connectivity index (χ2n) is 4.25. The minimum Gasteiger partial charge on any atom is -0.426 e. The molecule has 0 amide bonds. The summed E-state index contributed by atoms with van der Waals surface area (Å²) >= 11 is 0. The summed E-state index contributed by atoms with van der Waals surface area (Å²) in [5.41, 5.74) is 0.376. The fourth-order valence-electron chi connectivity index (χ4n) is 1.40. The fraction of sp³-hybridized carbons (Fsp3) is 0.385. The Labute approximate surface area is 104 Å². The van der Waals surface area contributed by atoms with Crippen LogP contribution in [0.15, 0.2) is 23.4 Å². The minimum absolute atomic E-state index is 0.266. The van der Waals surface area contributed by atoms with E-state index in [0.717, 1.165) is 0 Å². The molecule has 4 nitrogen and oxygen atoms in total. The number of ether oxygens (including phenoxy) is 1. The first-order chi connectivity index (χ1) is 8.65. The lowest BCUT2D eigenvalue weighted by atomic mass is 10.2. The maximum absolute atomic E-state index is 13.1. The number of hydrogen-bond donors (Lipinski definition) is 0. The van der Waals surface area contributed by atoms with Gasteiger partial charge in [-0.05, 0) is 37.0 Å². The maximum atomic E-state index is 13.1. The van der Waals surface area contributed by atoms with Crippen LogP contribution in [0.4, 0.5) is 4.39 Å². The van der Waals surface area contributed by atoms with Crippen molar-refractivity contribution >= 4 is 12.2 Å². The van der Waals surface area contributed by atoms with Crippen LogP contribution in [-0.2, 0) is 9.63 Å². The standard InChI is InChI=1S/C13H14FNO3/c1-9(16)18-13-5-4-12(14)6-11(13)7-15-17-8-10-2-3-10/h4-7,10H,2-3,8H2,1H3. The zero-order valence-electron chi connectivity index (χ0n) is 10.1. The Kier molecular flexibility index (Phi) is 3.92. The van der Waals surface area contributed by atoms with Gasteiger partial charge in [-0.15, -0.1) is 0 Å². The Bertz CT molecular complexity index is 469. The molecule has 1 aromatic carbocycles. The van der Waals surface area contributed by atoms with Gasteiger partial charge in [0.05, 0.1) is 6.21 Å². The lowest BCUT2D eigenvalue weighted by Crippen LogP contribution is -2.04.